The monoisotopic (exact) mass is 401 g/mol. The van der Waals surface area contributed by atoms with Crippen molar-refractivity contribution in [3.8, 4) is 0 Å². The van der Waals surface area contributed by atoms with Crippen LogP contribution >= 0.6 is 15.9 Å². The molecule has 0 radical (unpaired) electrons. The summed E-state index contributed by atoms with van der Waals surface area (Å²) in [4.78, 5) is 12.4. The minimum atomic E-state index is -0.399. The Bertz CT molecular complexity index is 890. The number of amides is 1. The highest BCUT2D eigenvalue weighted by Gasteiger charge is 2.13. The van der Waals surface area contributed by atoms with E-state index in [1.54, 1.807) is 16.9 Å². The summed E-state index contributed by atoms with van der Waals surface area (Å²) < 4.78 is 15.3. The van der Waals surface area contributed by atoms with Crippen LogP contribution in [0.2, 0.25) is 0 Å². The van der Waals surface area contributed by atoms with Gasteiger partial charge < -0.3 is 5.32 Å². The van der Waals surface area contributed by atoms with Gasteiger partial charge in [0.1, 0.15) is 11.6 Å². The number of nitrogens with one attached hydrogen (secondary N) is 1. The maximum absolute atomic E-state index is 13.2. The normalized spacial score (nSPS) is 10.7. The van der Waals surface area contributed by atoms with E-state index in [2.05, 4.69) is 57.5 Å². The molecule has 1 heterocycles. The lowest BCUT2D eigenvalue weighted by Gasteiger charge is -2.10. The van der Waals surface area contributed by atoms with E-state index in [9.17, 15) is 9.18 Å². The lowest BCUT2D eigenvalue weighted by Crippen LogP contribution is -2.16. The molecule has 4 nitrogen and oxygen atoms in total. The first-order chi connectivity index (χ1) is 12.1. The molecule has 0 atom stereocenters. The van der Waals surface area contributed by atoms with E-state index in [4.69, 9.17) is 0 Å². The summed E-state index contributed by atoms with van der Waals surface area (Å²) in [6.07, 6.45) is 2.63. The van der Waals surface area contributed by atoms with Crippen molar-refractivity contribution in [3.63, 3.8) is 0 Å². The molecule has 128 valence electrons. The Kier molecular flexibility index (Phi) is 5.28. The smallest absolute Gasteiger partial charge is 0.257 e. The first-order valence-corrected chi connectivity index (χ1v) is 8.72. The third-order valence-corrected chi connectivity index (χ3v) is 4.55. The van der Waals surface area contributed by atoms with Crippen LogP contribution in [-0.2, 0) is 13.0 Å². The highest BCUT2D eigenvalue weighted by molar-refractivity contribution is 9.10. The topological polar surface area (TPSA) is 46.9 Å². The van der Waals surface area contributed by atoms with Crippen LogP contribution in [0.15, 0.2) is 59.2 Å². The van der Waals surface area contributed by atoms with Crippen LogP contribution in [-0.4, -0.2) is 15.7 Å². The van der Waals surface area contributed by atoms with Crippen LogP contribution < -0.4 is 5.32 Å². The molecule has 0 bridgehead atoms. The lowest BCUT2D eigenvalue weighted by atomic mass is 10.1. The zero-order valence-corrected chi connectivity index (χ0v) is 15.3. The molecule has 25 heavy (non-hydrogen) atoms. The largest absolute Gasteiger partial charge is 0.307 e. The van der Waals surface area contributed by atoms with Crippen molar-refractivity contribution in [2.75, 3.05) is 5.32 Å². The average Bonchev–Trinajstić information content (AvgIpc) is 3.02. The van der Waals surface area contributed by atoms with Crippen LogP contribution in [0, 0.1) is 5.82 Å². The minimum absolute atomic E-state index is 0.324. The molecule has 6 heteroatoms. The second-order valence-electron chi connectivity index (χ2n) is 5.62. The molecule has 0 aliphatic rings. The Morgan fingerprint density at radius 3 is 2.56 bits per heavy atom. The number of rotatable bonds is 5. The van der Waals surface area contributed by atoms with Crippen molar-refractivity contribution in [1.82, 2.24) is 9.78 Å². The van der Waals surface area contributed by atoms with E-state index in [0.29, 0.717) is 22.4 Å². The molecular formula is C19H17BrFN3O. The molecule has 0 fully saturated rings. The fourth-order valence-electron chi connectivity index (χ4n) is 2.48. The number of carbonyl (C=O) groups is 1. The predicted molar refractivity (Wildman–Crippen MR) is 99.2 cm³/mol. The second-order valence-corrected chi connectivity index (χ2v) is 6.48. The van der Waals surface area contributed by atoms with Gasteiger partial charge in [-0.3, -0.25) is 4.79 Å². The summed E-state index contributed by atoms with van der Waals surface area (Å²) in [6, 6.07) is 14.0. The molecule has 1 aromatic heterocycles. The maximum atomic E-state index is 13.2. The van der Waals surface area contributed by atoms with Crippen LogP contribution in [0.1, 0.15) is 28.4 Å². The van der Waals surface area contributed by atoms with Gasteiger partial charge in [-0.1, -0.05) is 31.2 Å². The van der Waals surface area contributed by atoms with E-state index in [1.165, 1.54) is 23.8 Å². The van der Waals surface area contributed by atoms with Gasteiger partial charge in [0.05, 0.1) is 18.3 Å². The standard InChI is InChI=1S/C19H17BrFN3O/c1-2-13-3-5-14(6-4-13)12-24-18(9-10-22-24)23-19(25)16-8-7-15(21)11-17(16)20/h3-11H,2,12H2,1H3,(H,23,25). The number of aromatic nitrogens is 2. The van der Waals surface area contributed by atoms with Crippen molar-refractivity contribution < 1.29 is 9.18 Å². The summed E-state index contributed by atoms with van der Waals surface area (Å²) in [6.45, 7) is 2.67. The highest BCUT2D eigenvalue weighted by atomic mass is 79.9. The fraction of sp³-hybridized carbons (Fsp3) is 0.158. The van der Waals surface area contributed by atoms with Gasteiger partial charge in [0, 0.05) is 10.5 Å². The van der Waals surface area contributed by atoms with Crippen molar-refractivity contribution in [2.45, 2.75) is 19.9 Å². The second kappa shape index (κ2) is 7.61. The Morgan fingerprint density at radius 2 is 1.88 bits per heavy atom. The van der Waals surface area contributed by atoms with Gasteiger partial charge in [0.2, 0.25) is 0 Å². The van der Waals surface area contributed by atoms with Crippen LogP contribution in [0.3, 0.4) is 0 Å². The number of carbonyl (C=O) groups excluding carboxylic acids is 1. The summed E-state index contributed by atoms with van der Waals surface area (Å²) in [5.41, 5.74) is 2.74. The molecule has 0 aliphatic carbocycles. The van der Waals surface area contributed by atoms with E-state index < -0.39 is 5.82 Å². The summed E-state index contributed by atoms with van der Waals surface area (Å²) in [5, 5.41) is 7.09. The number of nitrogens with zero attached hydrogens (tertiary/aromatic N) is 2. The molecule has 0 spiro atoms. The molecule has 1 N–H and O–H groups in total. The molecule has 1 amide bonds. The van der Waals surface area contributed by atoms with Crippen molar-refractivity contribution in [3.05, 3.63) is 81.7 Å². The molecule has 0 saturated heterocycles. The molecule has 0 unspecified atom stereocenters. The first-order valence-electron chi connectivity index (χ1n) is 7.93. The number of halogens is 2. The van der Waals surface area contributed by atoms with Gasteiger partial charge in [-0.15, -0.1) is 0 Å². The van der Waals surface area contributed by atoms with Crippen molar-refractivity contribution in [2.24, 2.45) is 0 Å². The van der Waals surface area contributed by atoms with E-state index in [-0.39, 0.29) is 5.91 Å². The maximum Gasteiger partial charge on any atom is 0.257 e. The summed E-state index contributed by atoms with van der Waals surface area (Å²) in [7, 11) is 0. The Labute approximate surface area is 153 Å². The van der Waals surface area contributed by atoms with E-state index in [1.807, 2.05) is 0 Å². The Hall–Kier alpha value is -2.47. The van der Waals surface area contributed by atoms with Gasteiger partial charge in [0.25, 0.3) is 5.91 Å². The minimum Gasteiger partial charge on any atom is -0.307 e. The van der Waals surface area contributed by atoms with Crippen molar-refractivity contribution >= 4 is 27.7 Å². The van der Waals surface area contributed by atoms with E-state index in [0.717, 1.165) is 12.0 Å². The number of anilines is 1. The molecule has 3 aromatic rings. The molecule has 0 saturated carbocycles. The number of aryl methyl sites for hydroxylation is 1. The van der Waals surface area contributed by atoms with Gasteiger partial charge in [-0.25, -0.2) is 9.07 Å². The van der Waals surface area contributed by atoms with Gasteiger partial charge in [-0.05, 0) is 51.7 Å². The van der Waals surface area contributed by atoms with Gasteiger partial charge in [0.15, 0.2) is 0 Å². The van der Waals surface area contributed by atoms with Gasteiger partial charge >= 0.3 is 0 Å². The quantitative estimate of drug-likeness (QED) is 0.676. The number of benzene rings is 2. The SMILES string of the molecule is CCc1ccc(Cn2nccc2NC(=O)c2ccc(F)cc2Br)cc1. The Balaban J connectivity index is 1.75. The third kappa shape index (κ3) is 4.14. The summed E-state index contributed by atoms with van der Waals surface area (Å²) in [5.74, 6) is -0.139. The third-order valence-electron chi connectivity index (χ3n) is 3.90. The highest BCUT2D eigenvalue weighted by Crippen LogP contribution is 2.20. The molecular weight excluding hydrogens is 385 g/mol. The first kappa shape index (κ1) is 17.4. The number of hydrogen-bond acceptors (Lipinski definition) is 2. The summed E-state index contributed by atoms with van der Waals surface area (Å²) >= 11 is 3.21. The fourth-order valence-corrected chi connectivity index (χ4v) is 3.01. The lowest BCUT2D eigenvalue weighted by molar-refractivity contribution is 0.102. The van der Waals surface area contributed by atoms with Crippen LogP contribution in [0.5, 0.6) is 0 Å². The van der Waals surface area contributed by atoms with Crippen molar-refractivity contribution in [1.29, 1.82) is 0 Å². The zero-order valence-electron chi connectivity index (χ0n) is 13.7. The van der Waals surface area contributed by atoms with Gasteiger partial charge in [-0.2, -0.15) is 5.10 Å². The molecule has 2 aromatic carbocycles. The zero-order chi connectivity index (χ0) is 17.8. The number of hydrogen-bond donors (Lipinski definition) is 1. The van der Waals surface area contributed by atoms with E-state index >= 15 is 0 Å². The van der Waals surface area contributed by atoms with Crippen LogP contribution in [0.4, 0.5) is 10.2 Å². The molecule has 3 rings (SSSR count). The molecule has 0 aliphatic heterocycles. The predicted octanol–water partition coefficient (Wildman–Crippen LogP) is 4.65. The van der Waals surface area contributed by atoms with Crippen LogP contribution in [0.25, 0.3) is 0 Å². The average molecular weight is 402 g/mol. The Morgan fingerprint density at radius 1 is 1.16 bits per heavy atom.